The normalized spacial score (nSPS) is 15.8. The summed E-state index contributed by atoms with van der Waals surface area (Å²) in [5.41, 5.74) is -3.74. The predicted octanol–water partition coefficient (Wildman–Crippen LogP) is 3.33. The molecule has 0 heterocycles. The third-order valence-electron chi connectivity index (χ3n) is 2.81. The molecule has 0 fully saturated rings. The van der Waals surface area contributed by atoms with E-state index in [-0.39, 0.29) is 0 Å². The molecular weight excluding hydrogens is 268 g/mol. The first-order valence-corrected chi connectivity index (χ1v) is 6.58. The van der Waals surface area contributed by atoms with Gasteiger partial charge in [0.25, 0.3) is 5.92 Å². The SMILES string of the molecule is CC(C)(C)OC(=O)NC(C)(C)C(F)(F)C(O)C(C)(C)C. The number of alkyl halides is 2. The molecule has 0 aliphatic carbocycles. The van der Waals surface area contributed by atoms with Gasteiger partial charge in [-0.2, -0.15) is 0 Å². The largest absolute Gasteiger partial charge is 0.444 e. The minimum atomic E-state index is -3.51. The molecule has 0 bridgehead atoms. The van der Waals surface area contributed by atoms with Crippen LogP contribution in [0.25, 0.3) is 0 Å². The molecule has 0 aromatic heterocycles. The fourth-order valence-electron chi connectivity index (χ4n) is 1.53. The van der Waals surface area contributed by atoms with Crippen molar-refractivity contribution in [2.45, 2.75) is 78.6 Å². The molecule has 0 rings (SSSR count). The van der Waals surface area contributed by atoms with Gasteiger partial charge in [0.15, 0.2) is 0 Å². The molecule has 0 aliphatic heterocycles. The molecule has 0 aromatic carbocycles. The highest BCUT2D eigenvalue weighted by molar-refractivity contribution is 5.68. The van der Waals surface area contributed by atoms with Crippen LogP contribution >= 0.6 is 0 Å². The molecule has 1 amide bonds. The Morgan fingerprint density at radius 2 is 1.45 bits per heavy atom. The number of aliphatic hydroxyl groups is 1. The number of carbonyl (C=O) groups excluding carboxylic acids is 1. The molecular formula is C14H27F2NO3. The van der Waals surface area contributed by atoms with Crippen LogP contribution in [0.5, 0.6) is 0 Å². The maximum Gasteiger partial charge on any atom is 0.408 e. The van der Waals surface area contributed by atoms with Crippen molar-refractivity contribution in [1.29, 1.82) is 0 Å². The van der Waals surface area contributed by atoms with Gasteiger partial charge in [-0.3, -0.25) is 0 Å². The van der Waals surface area contributed by atoms with E-state index in [1.807, 2.05) is 0 Å². The van der Waals surface area contributed by atoms with Gasteiger partial charge in [-0.15, -0.1) is 0 Å². The van der Waals surface area contributed by atoms with E-state index in [0.717, 1.165) is 13.8 Å². The Morgan fingerprint density at radius 3 is 1.75 bits per heavy atom. The van der Waals surface area contributed by atoms with E-state index >= 15 is 0 Å². The molecule has 6 heteroatoms. The Hall–Kier alpha value is -0.910. The summed E-state index contributed by atoms with van der Waals surface area (Å²) in [6.07, 6.45) is -2.84. The zero-order valence-corrected chi connectivity index (χ0v) is 13.6. The maximum atomic E-state index is 14.4. The molecule has 0 aromatic rings. The Labute approximate surface area is 119 Å². The fourth-order valence-corrected chi connectivity index (χ4v) is 1.53. The van der Waals surface area contributed by atoms with Gasteiger partial charge in [0.2, 0.25) is 0 Å². The van der Waals surface area contributed by atoms with E-state index in [9.17, 15) is 18.7 Å². The molecule has 20 heavy (non-hydrogen) atoms. The van der Waals surface area contributed by atoms with Crippen molar-refractivity contribution in [1.82, 2.24) is 5.32 Å². The van der Waals surface area contributed by atoms with Gasteiger partial charge >= 0.3 is 6.09 Å². The van der Waals surface area contributed by atoms with Gasteiger partial charge in [0.05, 0.1) is 0 Å². The second-order valence-electron chi connectivity index (χ2n) is 7.64. The summed E-state index contributed by atoms with van der Waals surface area (Å²) in [5, 5.41) is 12.0. The topological polar surface area (TPSA) is 58.6 Å². The second-order valence-corrected chi connectivity index (χ2v) is 7.64. The Bertz CT molecular complexity index is 354. The number of rotatable bonds is 3. The van der Waals surface area contributed by atoms with E-state index in [0.29, 0.717) is 0 Å². The standard InChI is InChI=1S/C14H27F2NO3/c1-11(2,3)9(18)14(15,16)13(7,8)17-10(19)20-12(4,5)6/h9,18H,1-8H3,(H,17,19). The average molecular weight is 295 g/mol. The number of amides is 1. The van der Waals surface area contributed by atoms with Crippen LogP contribution in [-0.4, -0.2) is 34.4 Å². The van der Waals surface area contributed by atoms with Crippen LogP contribution in [-0.2, 0) is 4.74 Å². The number of nitrogens with one attached hydrogen (secondary N) is 1. The summed E-state index contributed by atoms with van der Waals surface area (Å²) in [6, 6.07) is 0. The minimum absolute atomic E-state index is 0.780. The van der Waals surface area contributed by atoms with Crippen LogP contribution in [0.15, 0.2) is 0 Å². The summed E-state index contributed by atoms with van der Waals surface area (Å²) in [5.74, 6) is -3.51. The molecule has 1 atom stereocenters. The van der Waals surface area contributed by atoms with Gasteiger partial charge in [0.1, 0.15) is 17.2 Å². The fraction of sp³-hybridized carbons (Fsp3) is 0.929. The molecule has 0 saturated heterocycles. The number of hydrogen-bond donors (Lipinski definition) is 2. The van der Waals surface area contributed by atoms with Crippen molar-refractivity contribution in [3.05, 3.63) is 0 Å². The first-order valence-electron chi connectivity index (χ1n) is 6.58. The van der Waals surface area contributed by atoms with Crippen molar-refractivity contribution in [2.24, 2.45) is 5.41 Å². The van der Waals surface area contributed by atoms with E-state index in [2.05, 4.69) is 5.32 Å². The molecule has 2 N–H and O–H groups in total. The number of alkyl carbamates (subject to hydrolysis) is 1. The predicted molar refractivity (Wildman–Crippen MR) is 73.9 cm³/mol. The van der Waals surface area contributed by atoms with Crippen LogP contribution in [0.3, 0.4) is 0 Å². The lowest BCUT2D eigenvalue weighted by Crippen LogP contribution is -2.64. The number of ether oxygens (including phenoxy) is 1. The van der Waals surface area contributed by atoms with Gasteiger partial charge in [0, 0.05) is 0 Å². The lowest BCUT2D eigenvalue weighted by molar-refractivity contribution is -0.189. The zero-order chi connectivity index (χ0) is 16.6. The number of aliphatic hydroxyl groups excluding tert-OH is 1. The highest BCUT2D eigenvalue weighted by Crippen LogP contribution is 2.39. The van der Waals surface area contributed by atoms with Crippen molar-refractivity contribution < 1.29 is 23.4 Å². The molecule has 0 aliphatic rings. The van der Waals surface area contributed by atoms with Crippen molar-refractivity contribution in [2.75, 3.05) is 0 Å². The van der Waals surface area contributed by atoms with Gasteiger partial charge in [-0.25, -0.2) is 13.6 Å². The summed E-state index contributed by atoms with van der Waals surface area (Å²) >= 11 is 0. The summed E-state index contributed by atoms with van der Waals surface area (Å²) < 4.78 is 33.7. The molecule has 4 nitrogen and oxygen atoms in total. The number of carbonyl (C=O) groups is 1. The van der Waals surface area contributed by atoms with Crippen LogP contribution < -0.4 is 5.32 Å². The zero-order valence-electron chi connectivity index (χ0n) is 13.6. The molecule has 0 saturated carbocycles. The highest BCUT2D eigenvalue weighted by Gasteiger charge is 2.56. The van der Waals surface area contributed by atoms with E-state index in [4.69, 9.17) is 4.74 Å². The molecule has 0 radical (unpaired) electrons. The summed E-state index contributed by atoms with van der Waals surface area (Å²) in [7, 11) is 0. The number of halogens is 2. The lowest BCUT2D eigenvalue weighted by atomic mass is 9.78. The highest BCUT2D eigenvalue weighted by atomic mass is 19.3. The Morgan fingerprint density at radius 1 is 1.05 bits per heavy atom. The lowest BCUT2D eigenvalue weighted by Gasteiger charge is -2.42. The quantitative estimate of drug-likeness (QED) is 0.839. The van der Waals surface area contributed by atoms with Crippen LogP contribution in [0.1, 0.15) is 55.4 Å². The number of hydrogen-bond acceptors (Lipinski definition) is 3. The summed E-state index contributed by atoms with van der Waals surface area (Å²) in [6.45, 7) is 11.8. The van der Waals surface area contributed by atoms with E-state index < -0.39 is 34.7 Å². The third-order valence-corrected chi connectivity index (χ3v) is 2.81. The van der Waals surface area contributed by atoms with Crippen molar-refractivity contribution >= 4 is 6.09 Å². The van der Waals surface area contributed by atoms with Crippen LogP contribution in [0, 0.1) is 5.41 Å². The summed E-state index contributed by atoms with van der Waals surface area (Å²) in [4.78, 5) is 11.6. The van der Waals surface area contributed by atoms with Gasteiger partial charge < -0.3 is 15.2 Å². The van der Waals surface area contributed by atoms with Crippen LogP contribution in [0.4, 0.5) is 13.6 Å². The van der Waals surface area contributed by atoms with Crippen molar-refractivity contribution in [3.8, 4) is 0 Å². The molecule has 1 unspecified atom stereocenters. The van der Waals surface area contributed by atoms with E-state index in [1.54, 1.807) is 20.8 Å². The molecule has 120 valence electrons. The van der Waals surface area contributed by atoms with Gasteiger partial charge in [-0.1, -0.05) is 20.8 Å². The Kier molecular flexibility index (Phi) is 5.22. The molecule has 0 spiro atoms. The Balaban J connectivity index is 5.08. The van der Waals surface area contributed by atoms with Crippen LogP contribution in [0.2, 0.25) is 0 Å². The average Bonchev–Trinajstić information content (AvgIpc) is 2.10. The second kappa shape index (κ2) is 5.47. The maximum absolute atomic E-state index is 14.4. The first kappa shape index (κ1) is 19.1. The first-order chi connectivity index (χ1) is 8.51. The smallest absolute Gasteiger partial charge is 0.408 e. The van der Waals surface area contributed by atoms with E-state index in [1.165, 1.54) is 20.8 Å². The third kappa shape index (κ3) is 4.89. The van der Waals surface area contributed by atoms with Crippen molar-refractivity contribution in [3.63, 3.8) is 0 Å². The monoisotopic (exact) mass is 295 g/mol. The van der Waals surface area contributed by atoms with Gasteiger partial charge in [-0.05, 0) is 40.0 Å². The minimum Gasteiger partial charge on any atom is -0.444 e.